The van der Waals surface area contributed by atoms with Crippen LogP contribution in [0.15, 0.2) is 9.98 Å². The van der Waals surface area contributed by atoms with Crippen LogP contribution in [0.2, 0.25) is 0 Å². The summed E-state index contributed by atoms with van der Waals surface area (Å²) in [7, 11) is 1.45. The van der Waals surface area contributed by atoms with Gasteiger partial charge in [-0.2, -0.15) is 4.99 Å². The third-order valence-electron chi connectivity index (χ3n) is 1.25. The zero-order valence-corrected chi connectivity index (χ0v) is 6.82. The number of hydrogen-bond donors (Lipinski definition) is 0. The van der Waals surface area contributed by atoms with E-state index in [0.717, 1.165) is 0 Å². The van der Waals surface area contributed by atoms with Crippen LogP contribution in [0.3, 0.4) is 0 Å². The van der Waals surface area contributed by atoms with Gasteiger partial charge in [-0.25, -0.2) is 14.6 Å². The molecular formula is C7H10N2O3. The maximum absolute atomic E-state index is 9.81. The molecule has 0 aliphatic heterocycles. The second kappa shape index (κ2) is 7.82. The summed E-state index contributed by atoms with van der Waals surface area (Å²) in [5.74, 6) is 0. The van der Waals surface area contributed by atoms with Crippen molar-refractivity contribution in [1.82, 2.24) is 0 Å². The fraction of sp³-hybridized carbons (Fsp3) is 0.714. The van der Waals surface area contributed by atoms with Gasteiger partial charge in [0.05, 0.1) is 6.54 Å². The SMILES string of the molecule is COC(CCCN=C=O)N=C=O. The van der Waals surface area contributed by atoms with Crippen molar-refractivity contribution in [3.63, 3.8) is 0 Å². The zero-order valence-electron chi connectivity index (χ0n) is 6.82. The number of methoxy groups -OCH3 is 1. The topological polar surface area (TPSA) is 68.1 Å². The van der Waals surface area contributed by atoms with E-state index in [1.54, 1.807) is 0 Å². The summed E-state index contributed by atoms with van der Waals surface area (Å²) in [6.45, 7) is 0.387. The molecule has 0 heterocycles. The van der Waals surface area contributed by atoms with Gasteiger partial charge in [0.2, 0.25) is 12.2 Å². The Hall–Kier alpha value is -1.28. The lowest BCUT2D eigenvalue weighted by molar-refractivity contribution is 0.102. The quantitative estimate of drug-likeness (QED) is 0.329. The summed E-state index contributed by atoms with van der Waals surface area (Å²) in [5.41, 5.74) is 0. The average molecular weight is 170 g/mol. The molecule has 0 aromatic carbocycles. The molecule has 0 radical (unpaired) electrons. The highest BCUT2D eigenvalue weighted by Crippen LogP contribution is 2.01. The molecule has 0 aliphatic rings. The van der Waals surface area contributed by atoms with Crippen LogP contribution < -0.4 is 0 Å². The Morgan fingerprint density at radius 1 is 1.42 bits per heavy atom. The van der Waals surface area contributed by atoms with E-state index in [2.05, 4.69) is 9.98 Å². The Bertz CT molecular complexity index is 205. The van der Waals surface area contributed by atoms with Crippen LogP contribution in [0.4, 0.5) is 0 Å². The van der Waals surface area contributed by atoms with E-state index >= 15 is 0 Å². The first-order chi connectivity index (χ1) is 5.85. The van der Waals surface area contributed by atoms with Crippen molar-refractivity contribution in [2.24, 2.45) is 9.98 Å². The molecule has 1 unspecified atom stereocenters. The van der Waals surface area contributed by atoms with E-state index in [1.807, 2.05) is 0 Å². The smallest absolute Gasteiger partial charge is 0.237 e. The van der Waals surface area contributed by atoms with E-state index in [-0.39, 0.29) is 0 Å². The molecule has 0 amide bonds. The van der Waals surface area contributed by atoms with Crippen LogP contribution in [0.5, 0.6) is 0 Å². The fourth-order valence-corrected chi connectivity index (χ4v) is 0.684. The fourth-order valence-electron chi connectivity index (χ4n) is 0.684. The van der Waals surface area contributed by atoms with E-state index in [1.165, 1.54) is 19.3 Å². The summed E-state index contributed by atoms with van der Waals surface area (Å²) in [4.78, 5) is 26.2. The largest absolute Gasteiger partial charge is 0.359 e. The number of carbonyl (C=O) groups excluding carboxylic acids is 2. The standard InChI is InChI=1S/C7H10N2O3/c1-12-7(9-6-11)3-2-4-8-5-10/h7H,2-4H2,1H3. The summed E-state index contributed by atoms with van der Waals surface area (Å²) >= 11 is 0. The van der Waals surface area contributed by atoms with Crippen LogP contribution in [-0.2, 0) is 14.3 Å². The molecule has 12 heavy (non-hydrogen) atoms. The van der Waals surface area contributed by atoms with Crippen molar-refractivity contribution in [1.29, 1.82) is 0 Å². The predicted molar refractivity (Wildman–Crippen MR) is 41.1 cm³/mol. The lowest BCUT2D eigenvalue weighted by atomic mass is 10.3. The molecule has 1 atom stereocenters. The second-order valence-electron chi connectivity index (χ2n) is 2.03. The lowest BCUT2D eigenvalue weighted by Crippen LogP contribution is -2.06. The van der Waals surface area contributed by atoms with Gasteiger partial charge in [0.15, 0.2) is 6.23 Å². The normalized spacial score (nSPS) is 11.1. The Kier molecular flexibility index (Phi) is 6.99. The van der Waals surface area contributed by atoms with Gasteiger partial charge in [-0.15, -0.1) is 0 Å². The van der Waals surface area contributed by atoms with Gasteiger partial charge in [-0.05, 0) is 12.8 Å². The van der Waals surface area contributed by atoms with Crippen LogP contribution in [0.1, 0.15) is 12.8 Å². The molecule has 66 valence electrons. The maximum Gasteiger partial charge on any atom is 0.237 e. The third-order valence-corrected chi connectivity index (χ3v) is 1.25. The monoisotopic (exact) mass is 170 g/mol. The highest BCUT2D eigenvalue weighted by atomic mass is 16.5. The van der Waals surface area contributed by atoms with Crippen LogP contribution in [0.25, 0.3) is 0 Å². The van der Waals surface area contributed by atoms with Gasteiger partial charge >= 0.3 is 0 Å². The summed E-state index contributed by atoms with van der Waals surface area (Å²) in [6, 6.07) is 0. The number of aliphatic imine (C=N–C) groups is 2. The van der Waals surface area contributed by atoms with Crippen LogP contribution in [-0.4, -0.2) is 32.0 Å². The molecular weight excluding hydrogens is 160 g/mol. The first-order valence-electron chi connectivity index (χ1n) is 3.48. The minimum atomic E-state index is -0.468. The zero-order chi connectivity index (χ0) is 9.23. The van der Waals surface area contributed by atoms with Gasteiger partial charge in [0.25, 0.3) is 0 Å². The van der Waals surface area contributed by atoms with Gasteiger partial charge in [0, 0.05) is 7.11 Å². The molecule has 0 aromatic rings. The Morgan fingerprint density at radius 3 is 2.67 bits per heavy atom. The van der Waals surface area contributed by atoms with Crippen molar-refractivity contribution in [3.8, 4) is 0 Å². The minimum absolute atomic E-state index is 0.387. The Balaban J connectivity index is 3.57. The minimum Gasteiger partial charge on any atom is -0.359 e. The van der Waals surface area contributed by atoms with Crippen molar-refractivity contribution in [2.75, 3.05) is 13.7 Å². The molecule has 0 bridgehead atoms. The molecule has 0 rings (SSSR count). The first kappa shape index (κ1) is 10.7. The van der Waals surface area contributed by atoms with Crippen LogP contribution >= 0.6 is 0 Å². The maximum atomic E-state index is 9.81. The van der Waals surface area contributed by atoms with E-state index < -0.39 is 6.23 Å². The molecule has 0 fully saturated rings. The van der Waals surface area contributed by atoms with Crippen LogP contribution in [0, 0.1) is 0 Å². The number of ether oxygens (including phenoxy) is 1. The van der Waals surface area contributed by atoms with Gasteiger partial charge in [0.1, 0.15) is 0 Å². The molecule has 0 N–H and O–H groups in total. The predicted octanol–water partition coefficient (Wildman–Crippen LogP) is 0.411. The molecule has 0 saturated heterocycles. The molecule has 5 nitrogen and oxygen atoms in total. The molecule has 0 aliphatic carbocycles. The molecule has 0 saturated carbocycles. The summed E-state index contributed by atoms with van der Waals surface area (Å²) in [5, 5.41) is 0. The van der Waals surface area contributed by atoms with Crippen molar-refractivity contribution < 1.29 is 14.3 Å². The lowest BCUT2D eigenvalue weighted by Gasteiger charge is -2.05. The second-order valence-corrected chi connectivity index (χ2v) is 2.03. The van der Waals surface area contributed by atoms with Gasteiger partial charge in [-0.1, -0.05) is 0 Å². The van der Waals surface area contributed by atoms with Gasteiger partial charge in [-0.3, -0.25) is 0 Å². The van der Waals surface area contributed by atoms with Crippen molar-refractivity contribution in [3.05, 3.63) is 0 Å². The van der Waals surface area contributed by atoms with Gasteiger partial charge < -0.3 is 4.74 Å². The highest BCUT2D eigenvalue weighted by molar-refractivity contribution is 5.33. The Labute approximate surface area is 70.2 Å². The number of isocyanates is 2. The Morgan fingerprint density at radius 2 is 2.17 bits per heavy atom. The number of nitrogens with zero attached hydrogens (tertiary/aromatic N) is 2. The number of rotatable bonds is 6. The number of hydrogen-bond acceptors (Lipinski definition) is 5. The molecule has 0 aromatic heterocycles. The van der Waals surface area contributed by atoms with E-state index in [0.29, 0.717) is 19.4 Å². The van der Waals surface area contributed by atoms with E-state index in [9.17, 15) is 9.59 Å². The summed E-state index contributed by atoms with van der Waals surface area (Å²) < 4.78 is 4.80. The third kappa shape index (κ3) is 5.50. The average Bonchev–Trinajstić information content (AvgIpc) is 2.10. The van der Waals surface area contributed by atoms with Crippen molar-refractivity contribution in [2.45, 2.75) is 19.1 Å². The molecule has 0 spiro atoms. The molecule has 5 heteroatoms. The highest BCUT2D eigenvalue weighted by Gasteiger charge is 2.02. The first-order valence-corrected chi connectivity index (χ1v) is 3.48. The van der Waals surface area contributed by atoms with Crippen molar-refractivity contribution >= 4 is 12.2 Å². The van der Waals surface area contributed by atoms with E-state index in [4.69, 9.17) is 4.74 Å². The summed E-state index contributed by atoms with van der Waals surface area (Å²) in [6.07, 6.45) is 3.54.